The SMILES string of the molecule is FC(F)(F)c1ccc(COc2ccc(Br)cc2CC2CNC2)o1. The lowest BCUT2D eigenvalue weighted by Crippen LogP contribution is -2.43. The van der Waals surface area contributed by atoms with Crippen LogP contribution in [0.1, 0.15) is 17.1 Å². The number of rotatable bonds is 5. The summed E-state index contributed by atoms with van der Waals surface area (Å²) in [4.78, 5) is 0. The first-order chi connectivity index (χ1) is 10.9. The summed E-state index contributed by atoms with van der Waals surface area (Å²) in [5.41, 5.74) is 1.04. The van der Waals surface area contributed by atoms with E-state index in [1.807, 2.05) is 18.2 Å². The Morgan fingerprint density at radius 2 is 2.00 bits per heavy atom. The molecule has 1 aliphatic heterocycles. The zero-order chi connectivity index (χ0) is 16.4. The molecule has 0 atom stereocenters. The summed E-state index contributed by atoms with van der Waals surface area (Å²) < 4.78 is 48.9. The highest BCUT2D eigenvalue weighted by atomic mass is 79.9. The van der Waals surface area contributed by atoms with E-state index in [9.17, 15) is 13.2 Å². The number of hydrogen-bond acceptors (Lipinski definition) is 3. The van der Waals surface area contributed by atoms with E-state index in [0.717, 1.165) is 35.6 Å². The third-order valence-electron chi connectivity index (χ3n) is 3.71. The molecule has 3 nitrogen and oxygen atoms in total. The van der Waals surface area contributed by atoms with Gasteiger partial charge in [0.05, 0.1) is 0 Å². The molecule has 1 fully saturated rings. The summed E-state index contributed by atoms with van der Waals surface area (Å²) in [7, 11) is 0. The lowest BCUT2D eigenvalue weighted by molar-refractivity contribution is -0.153. The summed E-state index contributed by atoms with van der Waals surface area (Å²) in [5, 5.41) is 3.22. The van der Waals surface area contributed by atoms with Crippen LogP contribution in [-0.4, -0.2) is 13.1 Å². The van der Waals surface area contributed by atoms with Crippen LogP contribution >= 0.6 is 15.9 Å². The van der Waals surface area contributed by atoms with Crippen LogP contribution in [0.5, 0.6) is 5.75 Å². The number of benzene rings is 1. The van der Waals surface area contributed by atoms with Gasteiger partial charge >= 0.3 is 6.18 Å². The highest BCUT2D eigenvalue weighted by Crippen LogP contribution is 2.31. The van der Waals surface area contributed by atoms with Gasteiger partial charge in [-0.3, -0.25) is 0 Å². The lowest BCUT2D eigenvalue weighted by atomic mass is 9.94. The molecule has 0 spiro atoms. The highest BCUT2D eigenvalue weighted by molar-refractivity contribution is 9.10. The fourth-order valence-electron chi connectivity index (χ4n) is 2.41. The van der Waals surface area contributed by atoms with Crippen LogP contribution in [0.15, 0.2) is 39.2 Å². The largest absolute Gasteiger partial charge is 0.485 e. The van der Waals surface area contributed by atoms with Gasteiger partial charge in [-0.1, -0.05) is 15.9 Å². The Balaban J connectivity index is 1.68. The van der Waals surface area contributed by atoms with Crippen molar-refractivity contribution in [2.24, 2.45) is 5.92 Å². The first kappa shape index (κ1) is 16.4. The zero-order valence-electron chi connectivity index (χ0n) is 12.1. The van der Waals surface area contributed by atoms with Crippen molar-refractivity contribution in [3.8, 4) is 5.75 Å². The fraction of sp³-hybridized carbons (Fsp3) is 0.375. The molecule has 124 valence electrons. The first-order valence-electron chi connectivity index (χ1n) is 7.19. The van der Waals surface area contributed by atoms with Crippen LogP contribution < -0.4 is 10.1 Å². The van der Waals surface area contributed by atoms with Crippen LogP contribution in [-0.2, 0) is 19.2 Å². The quantitative estimate of drug-likeness (QED) is 0.822. The molecule has 23 heavy (non-hydrogen) atoms. The average molecular weight is 390 g/mol. The molecule has 3 rings (SSSR count). The molecule has 1 saturated heterocycles. The van der Waals surface area contributed by atoms with Gasteiger partial charge in [0, 0.05) is 4.47 Å². The van der Waals surface area contributed by atoms with Crippen molar-refractivity contribution in [1.29, 1.82) is 0 Å². The monoisotopic (exact) mass is 389 g/mol. The summed E-state index contributed by atoms with van der Waals surface area (Å²) in [6.07, 6.45) is -3.61. The number of furan rings is 1. The van der Waals surface area contributed by atoms with Crippen LogP contribution in [0.2, 0.25) is 0 Å². The Morgan fingerprint density at radius 3 is 2.61 bits per heavy atom. The van der Waals surface area contributed by atoms with E-state index < -0.39 is 11.9 Å². The molecular formula is C16H15BrF3NO2. The molecule has 1 aromatic heterocycles. The standard InChI is InChI=1S/C16H15BrF3NO2/c17-12-1-3-14(11(6-12)5-10-7-21-8-10)22-9-13-2-4-15(23-13)16(18,19)20/h1-4,6,10,21H,5,7-9H2. The maximum atomic E-state index is 12.5. The minimum atomic E-state index is -4.47. The third-order valence-corrected chi connectivity index (χ3v) is 4.20. The van der Waals surface area contributed by atoms with Crippen molar-refractivity contribution in [3.63, 3.8) is 0 Å². The van der Waals surface area contributed by atoms with Crippen molar-refractivity contribution in [2.45, 2.75) is 19.2 Å². The van der Waals surface area contributed by atoms with E-state index >= 15 is 0 Å². The van der Waals surface area contributed by atoms with Gasteiger partial charge in [0.1, 0.15) is 18.1 Å². The van der Waals surface area contributed by atoms with Crippen LogP contribution in [0.4, 0.5) is 13.2 Å². The molecule has 0 bridgehead atoms. The molecule has 2 heterocycles. The first-order valence-corrected chi connectivity index (χ1v) is 7.99. The van der Waals surface area contributed by atoms with Gasteiger partial charge in [0.2, 0.25) is 5.76 Å². The van der Waals surface area contributed by atoms with E-state index in [1.54, 1.807) is 0 Å². The summed E-state index contributed by atoms with van der Waals surface area (Å²) in [6, 6.07) is 7.86. The maximum Gasteiger partial charge on any atom is 0.449 e. The number of alkyl halides is 3. The van der Waals surface area contributed by atoms with Crippen molar-refractivity contribution in [1.82, 2.24) is 5.32 Å². The predicted molar refractivity (Wildman–Crippen MR) is 82.2 cm³/mol. The highest BCUT2D eigenvalue weighted by Gasteiger charge is 2.34. The minimum Gasteiger partial charge on any atom is -0.485 e. The Bertz CT molecular complexity index is 680. The smallest absolute Gasteiger partial charge is 0.449 e. The summed E-state index contributed by atoms with van der Waals surface area (Å²) in [6.45, 7) is 1.91. The number of nitrogens with one attached hydrogen (secondary N) is 1. The summed E-state index contributed by atoms with van der Waals surface area (Å²) >= 11 is 3.43. The Kier molecular flexibility index (Phi) is 4.68. The zero-order valence-corrected chi connectivity index (χ0v) is 13.7. The predicted octanol–water partition coefficient (Wildman–Crippen LogP) is 4.40. The second kappa shape index (κ2) is 6.57. The van der Waals surface area contributed by atoms with Crippen molar-refractivity contribution >= 4 is 15.9 Å². The lowest BCUT2D eigenvalue weighted by Gasteiger charge is -2.27. The Hall–Kier alpha value is -1.47. The minimum absolute atomic E-state index is 0.0341. The van der Waals surface area contributed by atoms with Gasteiger partial charge in [-0.15, -0.1) is 0 Å². The Morgan fingerprint density at radius 1 is 1.22 bits per heavy atom. The molecule has 7 heteroatoms. The van der Waals surface area contributed by atoms with Crippen LogP contribution in [0, 0.1) is 5.92 Å². The van der Waals surface area contributed by atoms with Gasteiger partial charge in [0.15, 0.2) is 0 Å². The molecule has 0 saturated carbocycles. The maximum absolute atomic E-state index is 12.5. The normalized spacial score (nSPS) is 15.5. The molecule has 2 aromatic rings. The second-order valence-corrected chi connectivity index (χ2v) is 6.45. The van der Waals surface area contributed by atoms with E-state index in [4.69, 9.17) is 9.15 Å². The van der Waals surface area contributed by atoms with Gasteiger partial charge in [-0.2, -0.15) is 13.2 Å². The third kappa shape index (κ3) is 4.09. The van der Waals surface area contributed by atoms with Crippen LogP contribution in [0.3, 0.4) is 0 Å². The second-order valence-electron chi connectivity index (χ2n) is 5.53. The van der Waals surface area contributed by atoms with E-state index in [-0.39, 0.29) is 12.4 Å². The number of ether oxygens (including phenoxy) is 1. The molecule has 0 radical (unpaired) electrons. The van der Waals surface area contributed by atoms with Gasteiger partial charge in [-0.25, -0.2) is 0 Å². The van der Waals surface area contributed by atoms with Crippen molar-refractivity contribution in [3.05, 3.63) is 51.9 Å². The van der Waals surface area contributed by atoms with E-state index in [2.05, 4.69) is 21.2 Å². The van der Waals surface area contributed by atoms with Gasteiger partial charge in [-0.05, 0) is 61.3 Å². The van der Waals surface area contributed by atoms with Gasteiger partial charge in [0.25, 0.3) is 0 Å². The molecule has 0 amide bonds. The average Bonchev–Trinajstić information content (AvgIpc) is 2.91. The van der Waals surface area contributed by atoms with Crippen molar-refractivity contribution in [2.75, 3.05) is 13.1 Å². The molecule has 0 unspecified atom stereocenters. The Labute approximate surface area is 139 Å². The van der Waals surface area contributed by atoms with E-state index in [0.29, 0.717) is 11.7 Å². The number of halogens is 4. The fourth-order valence-corrected chi connectivity index (χ4v) is 2.82. The summed E-state index contributed by atoms with van der Waals surface area (Å²) in [5.74, 6) is 0.376. The van der Waals surface area contributed by atoms with Crippen LogP contribution in [0.25, 0.3) is 0 Å². The topological polar surface area (TPSA) is 34.4 Å². The number of hydrogen-bond donors (Lipinski definition) is 1. The van der Waals surface area contributed by atoms with Crippen molar-refractivity contribution < 1.29 is 22.3 Å². The van der Waals surface area contributed by atoms with E-state index in [1.165, 1.54) is 6.07 Å². The molecule has 1 N–H and O–H groups in total. The molecule has 1 aliphatic rings. The molecular weight excluding hydrogens is 375 g/mol. The molecule has 1 aromatic carbocycles. The molecule has 0 aliphatic carbocycles. The van der Waals surface area contributed by atoms with Gasteiger partial charge < -0.3 is 14.5 Å².